The molecular weight excluding hydrogens is 396 g/mol. The largest absolute Gasteiger partial charge is 0.484 e. The molecule has 0 atom stereocenters. The first-order chi connectivity index (χ1) is 15.0. The molecule has 1 N–H and O–H groups in total. The maximum Gasteiger partial charge on any atom is 0.260 e. The number of ether oxygens (including phenoxy) is 3. The molecule has 4 rings (SSSR count). The molecule has 2 aliphatic heterocycles. The highest BCUT2D eigenvalue weighted by atomic mass is 16.7. The number of carbonyl (C=O) groups excluding carboxylic acids is 2. The Labute approximate surface area is 182 Å². The van der Waals surface area contributed by atoms with Gasteiger partial charge in [-0.1, -0.05) is 26.0 Å². The molecule has 7 nitrogen and oxygen atoms in total. The SMILES string of the molecule is CC(C)c1ccc(OCC(=O)N2CCC(C(=O)Nc3ccc4c(c3)OCO4)CC2)cc1. The Hall–Kier alpha value is -3.22. The number of rotatable bonds is 6. The van der Waals surface area contributed by atoms with E-state index in [-0.39, 0.29) is 31.1 Å². The molecular formula is C24H28N2O5. The fourth-order valence-electron chi connectivity index (χ4n) is 3.80. The van der Waals surface area contributed by atoms with Crippen LogP contribution in [0.2, 0.25) is 0 Å². The summed E-state index contributed by atoms with van der Waals surface area (Å²) in [6.07, 6.45) is 1.26. The molecule has 2 aromatic rings. The minimum Gasteiger partial charge on any atom is -0.484 e. The second kappa shape index (κ2) is 9.29. The van der Waals surface area contributed by atoms with E-state index in [0.717, 1.165) is 0 Å². The number of fused-ring (bicyclic) bond motifs is 1. The van der Waals surface area contributed by atoms with Gasteiger partial charge in [0.05, 0.1) is 0 Å². The summed E-state index contributed by atoms with van der Waals surface area (Å²) in [4.78, 5) is 26.9. The molecule has 31 heavy (non-hydrogen) atoms. The van der Waals surface area contributed by atoms with Crippen molar-refractivity contribution in [2.45, 2.75) is 32.6 Å². The third kappa shape index (κ3) is 5.10. The van der Waals surface area contributed by atoms with E-state index in [1.165, 1.54) is 5.56 Å². The van der Waals surface area contributed by atoms with Gasteiger partial charge in [0.15, 0.2) is 18.1 Å². The van der Waals surface area contributed by atoms with Crippen LogP contribution < -0.4 is 19.5 Å². The van der Waals surface area contributed by atoms with Crippen LogP contribution in [-0.4, -0.2) is 43.2 Å². The topological polar surface area (TPSA) is 77.1 Å². The molecule has 0 aromatic heterocycles. The lowest BCUT2D eigenvalue weighted by Crippen LogP contribution is -2.43. The summed E-state index contributed by atoms with van der Waals surface area (Å²) in [5.74, 6) is 2.25. The zero-order valence-corrected chi connectivity index (χ0v) is 17.9. The third-order valence-electron chi connectivity index (χ3n) is 5.77. The second-order valence-corrected chi connectivity index (χ2v) is 8.22. The number of hydrogen-bond acceptors (Lipinski definition) is 5. The second-order valence-electron chi connectivity index (χ2n) is 8.22. The quantitative estimate of drug-likeness (QED) is 0.763. The van der Waals surface area contributed by atoms with Crippen LogP contribution >= 0.6 is 0 Å². The molecule has 7 heteroatoms. The van der Waals surface area contributed by atoms with E-state index < -0.39 is 0 Å². The van der Waals surface area contributed by atoms with Gasteiger partial charge < -0.3 is 24.4 Å². The van der Waals surface area contributed by atoms with Crippen molar-refractivity contribution in [2.75, 3.05) is 31.8 Å². The van der Waals surface area contributed by atoms with E-state index >= 15 is 0 Å². The lowest BCUT2D eigenvalue weighted by Gasteiger charge is -2.31. The van der Waals surface area contributed by atoms with E-state index in [9.17, 15) is 9.59 Å². The van der Waals surface area contributed by atoms with Crippen LogP contribution in [0.1, 0.15) is 38.2 Å². The molecule has 164 valence electrons. The molecule has 0 spiro atoms. The maximum absolute atomic E-state index is 12.6. The molecule has 0 aliphatic carbocycles. The van der Waals surface area contributed by atoms with Crippen molar-refractivity contribution in [1.29, 1.82) is 0 Å². The van der Waals surface area contributed by atoms with Gasteiger partial charge in [-0.05, 0) is 48.6 Å². The Kier molecular flexibility index (Phi) is 6.30. The number of hydrogen-bond donors (Lipinski definition) is 1. The van der Waals surface area contributed by atoms with E-state index in [1.54, 1.807) is 23.1 Å². The predicted molar refractivity (Wildman–Crippen MR) is 117 cm³/mol. The van der Waals surface area contributed by atoms with Gasteiger partial charge in [-0.15, -0.1) is 0 Å². The fraction of sp³-hybridized carbons (Fsp3) is 0.417. The van der Waals surface area contributed by atoms with Crippen molar-refractivity contribution in [2.24, 2.45) is 5.92 Å². The Morgan fingerprint density at radius 3 is 2.48 bits per heavy atom. The zero-order chi connectivity index (χ0) is 21.8. The van der Waals surface area contributed by atoms with Crippen LogP contribution in [0.25, 0.3) is 0 Å². The first kappa shape index (κ1) is 21.0. The summed E-state index contributed by atoms with van der Waals surface area (Å²) < 4.78 is 16.3. The summed E-state index contributed by atoms with van der Waals surface area (Å²) in [7, 11) is 0. The molecule has 2 heterocycles. The molecule has 0 unspecified atom stereocenters. The highest BCUT2D eigenvalue weighted by Crippen LogP contribution is 2.34. The maximum atomic E-state index is 12.6. The normalized spacial score (nSPS) is 15.8. The van der Waals surface area contributed by atoms with Crippen LogP contribution in [0.4, 0.5) is 5.69 Å². The number of nitrogens with one attached hydrogen (secondary N) is 1. The molecule has 0 saturated carbocycles. The van der Waals surface area contributed by atoms with Gasteiger partial charge in [-0.3, -0.25) is 9.59 Å². The van der Waals surface area contributed by atoms with E-state index in [2.05, 4.69) is 19.2 Å². The van der Waals surface area contributed by atoms with Gasteiger partial charge in [0.2, 0.25) is 12.7 Å². The Bertz CT molecular complexity index is 933. The van der Waals surface area contributed by atoms with Gasteiger partial charge in [-0.2, -0.15) is 0 Å². The number of anilines is 1. The molecule has 0 bridgehead atoms. The van der Waals surface area contributed by atoms with Crippen molar-refractivity contribution in [3.8, 4) is 17.2 Å². The summed E-state index contributed by atoms with van der Waals surface area (Å²) in [5, 5.41) is 2.94. The van der Waals surface area contributed by atoms with Gasteiger partial charge in [0, 0.05) is 30.8 Å². The van der Waals surface area contributed by atoms with E-state index in [1.807, 2.05) is 24.3 Å². The van der Waals surface area contributed by atoms with Crippen LogP contribution in [0.3, 0.4) is 0 Å². The van der Waals surface area contributed by atoms with Crippen LogP contribution in [0.15, 0.2) is 42.5 Å². The minimum atomic E-state index is -0.126. The molecule has 2 aliphatic rings. The summed E-state index contributed by atoms with van der Waals surface area (Å²) >= 11 is 0. The average Bonchev–Trinajstić information content (AvgIpc) is 3.25. The molecule has 0 radical (unpaired) electrons. The summed E-state index contributed by atoms with van der Waals surface area (Å²) in [6, 6.07) is 13.2. The number of nitrogens with zero attached hydrogens (tertiary/aromatic N) is 1. The Morgan fingerprint density at radius 1 is 1.06 bits per heavy atom. The first-order valence-corrected chi connectivity index (χ1v) is 10.7. The highest BCUT2D eigenvalue weighted by molar-refractivity contribution is 5.93. The zero-order valence-electron chi connectivity index (χ0n) is 17.9. The fourth-order valence-corrected chi connectivity index (χ4v) is 3.80. The molecule has 2 amide bonds. The van der Waals surface area contributed by atoms with Gasteiger partial charge in [0.25, 0.3) is 5.91 Å². The number of likely N-dealkylation sites (tertiary alicyclic amines) is 1. The average molecular weight is 424 g/mol. The number of amides is 2. The predicted octanol–water partition coefficient (Wildman–Crippen LogP) is 3.79. The van der Waals surface area contributed by atoms with Gasteiger partial charge in [0.1, 0.15) is 5.75 Å². The standard InChI is InChI=1S/C24H28N2O5/c1-16(2)17-3-6-20(7-4-17)29-14-23(27)26-11-9-18(10-12-26)24(28)25-19-5-8-21-22(13-19)31-15-30-21/h3-8,13,16,18H,9-12,14-15H2,1-2H3,(H,25,28). The monoisotopic (exact) mass is 424 g/mol. The van der Waals surface area contributed by atoms with Crippen LogP contribution in [0, 0.1) is 5.92 Å². The summed E-state index contributed by atoms with van der Waals surface area (Å²) in [5.41, 5.74) is 1.92. The first-order valence-electron chi connectivity index (χ1n) is 10.7. The lowest BCUT2D eigenvalue weighted by atomic mass is 9.95. The lowest BCUT2D eigenvalue weighted by molar-refractivity contribution is -0.136. The van der Waals surface area contributed by atoms with Crippen LogP contribution in [-0.2, 0) is 9.59 Å². The van der Waals surface area contributed by atoms with Crippen molar-refractivity contribution in [3.05, 3.63) is 48.0 Å². The van der Waals surface area contributed by atoms with Crippen molar-refractivity contribution in [1.82, 2.24) is 4.90 Å². The number of carbonyl (C=O) groups is 2. The summed E-state index contributed by atoms with van der Waals surface area (Å²) in [6.45, 7) is 5.58. The van der Waals surface area contributed by atoms with E-state index in [0.29, 0.717) is 54.8 Å². The highest BCUT2D eigenvalue weighted by Gasteiger charge is 2.28. The molecule has 1 saturated heterocycles. The third-order valence-corrected chi connectivity index (χ3v) is 5.77. The molecule has 2 aromatic carbocycles. The Balaban J connectivity index is 1.22. The van der Waals surface area contributed by atoms with Gasteiger partial charge in [-0.25, -0.2) is 0 Å². The van der Waals surface area contributed by atoms with E-state index in [4.69, 9.17) is 14.2 Å². The number of piperidine rings is 1. The van der Waals surface area contributed by atoms with Crippen molar-refractivity contribution < 1.29 is 23.8 Å². The van der Waals surface area contributed by atoms with Crippen LogP contribution in [0.5, 0.6) is 17.2 Å². The minimum absolute atomic E-state index is 0.00901. The van der Waals surface area contributed by atoms with Gasteiger partial charge >= 0.3 is 0 Å². The number of benzene rings is 2. The Morgan fingerprint density at radius 2 is 1.77 bits per heavy atom. The van der Waals surface area contributed by atoms with Crippen molar-refractivity contribution >= 4 is 17.5 Å². The molecule has 1 fully saturated rings. The smallest absolute Gasteiger partial charge is 0.260 e. The van der Waals surface area contributed by atoms with Crippen molar-refractivity contribution in [3.63, 3.8) is 0 Å².